The van der Waals surface area contributed by atoms with E-state index in [2.05, 4.69) is 10.6 Å². The Balaban J connectivity index is 1.92. The largest absolute Gasteiger partial charge is 0.493 e. The summed E-state index contributed by atoms with van der Waals surface area (Å²) < 4.78 is 20.7. The quantitative estimate of drug-likeness (QED) is 0.572. The number of methoxy groups -OCH3 is 3. The SMILES string of the molecule is COc1ccc(C(=O)OCC(=O)NCC(=O)Nc2c(C)cc(C)cc2C)c(OC)c1OC. The van der Waals surface area contributed by atoms with Gasteiger partial charge in [-0.1, -0.05) is 17.7 Å². The molecule has 0 saturated heterocycles. The summed E-state index contributed by atoms with van der Waals surface area (Å²) in [4.78, 5) is 36.7. The second-order valence-electron chi connectivity index (χ2n) is 7.06. The Hall–Kier alpha value is -3.75. The van der Waals surface area contributed by atoms with Crippen LogP contribution < -0.4 is 24.8 Å². The molecule has 0 aliphatic carbocycles. The maximum absolute atomic E-state index is 12.4. The third kappa shape index (κ3) is 5.90. The van der Waals surface area contributed by atoms with E-state index in [0.29, 0.717) is 11.4 Å². The lowest BCUT2D eigenvalue weighted by Crippen LogP contribution is -2.35. The first-order valence-electron chi connectivity index (χ1n) is 9.82. The van der Waals surface area contributed by atoms with Crippen LogP contribution in [0.1, 0.15) is 27.0 Å². The normalized spacial score (nSPS) is 10.2. The molecular weight excluding hydrogens is 416 g/mol. The van der Waals surface area contributed by atoms with Crippen molar-refractivity contribution in [1.82, 2.24) is 5.32 Å². The van der Waals surface area contributed by atoms with Crippen LogP contribution in [0.5, 0.6) is 17.2 Å². The Morgan fingerprint density at radius 3 is 2.03 bits per heavy atom. The molecule has 0 fully saturated rings. The minimum Gasteiger partial charge on any atom is -0.493 e. The molecule has 0 unspecified atom stereocenters. The zero-order valence-corrected chi connectivity index (χ0v) is 19.1. The van der Waals surface area contributed by atoms with Crippen LogP contribution in [0.4, 0.5) is 5.69 Å². The molecule has 0 heterocycles. The summed E-state index contributed by atoms with van der Waals surface area (Å²) in [5, 5.41) is 5.21. The molecule has 0 bridgehead atoms. The van der Waals surface area contributed by atoms with E-state index in [0.717, 1.165) is 16.7 Å². The Kier molecular flexibility index (Phi) is 8.46. The van der Waals surface area contributed by atoms with Gasteiger partial charge in [-0.3, -0.25) is 9.59 Å². The van der Waals surface area contributed by atoms with E-state index in [1.54, 1.807) is 0 Å². The zero-order chi connectivity index (χ0) is 23.8. The second kappa shape index (κ2) is 11.0. The van der Waals surface area contributed by atoms with E-state index in [-0.39, 0.29) is 29.5 Å². The van der Waals surface area contributed by atoms with Crippen molar-refractivity contribution >= 4 is 23.5 Å². The topological polar surface area (TPSA) is 112 Å². The molecular formula is C23H28N2O7. The summed E-state index contributed by atoms with van der Waals surface area (Å²) in [7, 11) is 4.24. The van der Waals surface area contributed by atoms with E-state index < -0.39 is 18.5 Å². The van der Waals surface area contributed by atoms with Crippen molar-refractivity contribution in [3.8, 4) is 17.2 Å². The Labute approximate surface area is 187 Å². The van der Waals surface area contributed by atoms with Gasteiger partial charge in [-0.2, -0.15) is 0 Å². The lowest BCUT2D eigenvalue weighted by molar-refractivity contribution is -0.126. The van der Waals surface area contributed by atoms with Gasteiger partial charge in [0, 0.05) is 5.69 Å². The van der Waals surface area contributed by atoms with Crippen molar-refractivity contribution < 1.29 is 33.3 Å². The highest BCUT2D eigenvalue weighted by atomic mass is 16.5. The Morgan fingerprint density at radius 1 is 0.844 bits per heavy atom. The number of rotatable bonds is 9. The number of esters is 1. The second-order valence-corrected chi connectivity index (χ2v) is 7.06. The predicted octanol–water partition coefficient (Wildman–Crippen LogP) is 2.55. The first-order chi connectivity index (χ1) is 15.2. The lowest BCUT2D eigenvalue weighted by Gasteiger charge is -2.15. The molecule has 2 N–H and O–H groups in total. The average Bonchev–Trinajstić information content (AvgIpc) is 2.77. The zero-order valence-electron chi connectivity index (χ0n) is 19.1. The van der Waals surface area contributed by atoms with Crippen LogP contribution in [0.25, 0.3) is 0 Å². The van der Waals surface area contributed by atoms with Crippen LogP contribution in [0, 0.1) is 20.8 Å². The Morgan fingerprint density at radius 2 is 1.47 bits per heavy atom. The van der Waals surface area contributed by atoms with Gasteiger partial charge in [0.15, 0.2) is 18.1 Å². The van der Waals surface area contributed by atoms with Crippen LogP contribution in [0.2, 0.25) is 0 Å². The van der Waals surface area contributed by atoms with E-state index in [1.807, 2.05) is 32.9 Å². The van der Waals surface area contributed by atoms with Gasteiger partial charge in [0.2, 0.25) is 11.7 Å². The molecule has 172 valence electrons. The molecule has 2 aromatic rings. The first kappa shape index (κ1) is 24.5. The van der Waals surface area contributed by atoms with Crippen molar-refractivity contribution in [1.29, 1.82) is 0 Å². The van der Waals surface area contributed by atoms with Crippen molar-refractivity contribution in [3.63, 3.8) is 0 Å². The summed E-state index contributed by atoms with van der Waals surface area (Å²) in [6.07, 6.45) is 0. The van der Waals surface area contributed by atoms with Gasteiger partial charge >= 0.3 is 5.97 Å². The van der Waals surface area contributed by atoms with Gasteiger partial charge in [-0.15, -0.1) is 0 Å². The molecule has 2 amide bonds. The minimum absolute atomic E-state index is 0.0704. The third-order valence-corrected chi connectivity index (χ3v) is 4.65. The molecule has 9 nitrogen and oxygen atoms in total. The van der Waals surface area contributed by atoms with Crippen molar-refractivity contribution in [2.45, 2.75) is 20.8 Å². The van der Waals surface area contributed by atoms with Crippen LogP contribution in [-0.4, -0.2) is 52.3 Å². The molecule has 0 radical (unpaired) electrons. The highest BCUT2D eigenvalue weighted by molar-refractivity contribution is 5.97. The number of anilines is 1. The van der Waals surface area contributed by atoms with Crippen molar-refractivity contribution in [2.24, 2.45) is 0 Å². The molecule has 0 aliphatic heterocycles. The fourth-order valence-electron chi connectivity index (χ4n) is 3.26. The number of amides is 2. The van der Waals surface area contributed by atoms with Crippen LogP contribution >= 0.6 is 0 Å². The van der Waals surface area contributed by atoms with Gasteiger partial charge in [-0.25, -0.2) is 4.79 Å². The molecule has 2 rings (SSSR count). The van der Waals surface area contributed by atoms with Gasteiger partial charge < -0.3 is 29.6 Å². The summed E-state index contributed by atoms with van der Waals surface area (Å²) in [6.45, 7) is 4.95. The molecule has 0 aromatic heterocycles. The highest BCUT2D eigenvalue weighted by Gasteiger charge is 2.22. The molecule has 2 aromatic carbocycles. The number of hydrogen-bond donors (Lipinski definition) is 2. The van der Waals surface area contributed by atoms with Gasteiger partial charge in [-0.05, 0) is 44.0 Å². The number of aryl methyl sites for hydroxylation is 3. The summed E-state index contributed by atoms with van der Waals surface area (Å²) in [5.41, 5.74) is 3.74. The monoisotopic (exact) mass is 444 g/mol. The minimum atomic E-state index is -0.784. The van der Waals surface area contributed by atoms with E-state index >= 15 is 0 Å². The summed E-state index contributed by atoms with van der Waals surface area (Å²) >= 11 is 0. The lowest BCUT2D eigenvalue weighted by atomic mass is 10.1. The molecule has 0 aliphatic rings. The molecule has 32 heavy (non-hydrogen) atoms. The molecule has 9 heteroatoms. The summed E-state index contributed by atoms with van der Waals surface area (Å²) in [5.74, 6) is -1.06. The van der Waals surface area contributed by atoms with E-state index in [1.165, 1.54) is 33.5 Å². The third-order valence-electron chi connectivity index (χ3n) is 4.65. The number of carbonyl (C=O) groups is 3. The standard InChI is InChI=1S/C23H28N2O7/c1-13-9-14(2)20(15(3)10-13)25-18(26)11-24-19(27)12-32-23(28)16-7-8-17(29-4)22(31-6)21(16)30-5/h7-10H,11-12H2,1-6H3,(H,24,27)(H,25,26). The maximum atomic E-state index is 12.4. The fourth-order valence-corrected chi connectivity index (χ4v) is 3.26. The van der Waals surface area contributed by atoms with Crippen molar-refractivity contribution in [2.75, 3.05) is 39.8 Å². The van der Waals surface area contributed by atoms with E-state index in [4.69, 9.17) is 18.9 Å². The number of benzene rings is 2. The van der Waals surface area contributed by atoms with Crippen molar-refractivity contribution in [3.05, 3.63) is 46.5 Å². The highest BCUT2D eigenvalue weighted by Crippen LogP contribution is 2.39. The Bertz CT molecular complexity index is 995. The van der Waals surface area contributed by atoms with Crippen LogP contribution in [0.3, 0.4) is 0 Å². The van der Waals surface area contributed by atoms with Crippen LogP contribution in [-0.2, 0) is 14.3 Å². The number of ether oxygens (including phenoxy) is 4. The average molecular weight is 444 g/mol. The smallest absolute Gasteiger partial charge is 0.342 e. The number of hydrogen-bond acceptors (Lipinski definition) is 7. The predicted molar refractivity (Wildman–Crippen MR) is 119 cm³/mol. The first-order valence-corrected chi connectivity index (χ1v) is 9.82. The van der Waals surface area contributed by atoms with Crippen LogP contribution in [0.15, 0.2) is 24.3 Å². The molecule has 0 atom stereocenters. The van der Waals surface area contributed by atoms with E-state index in [9.17, 15) is 14.4 Å². The number of carbonyl (C=O) groups excluding carboxylic acids is 3. The summed E-state index contributed by atoms with van der Waals surface area (Å²) in [6, 6.07) is 6.89. The maximum Gasteiger partial charge on any atom is 0.342 e. The van der Waals surface area contributed by atoms with Gasteiger partial charge in [0.25, 0.3) is 5.91 Å². The number of nitrogens with one attached hydrogen (secondary N) is 2. The molecule has 0 spiro atoms. The molecule has 0 saturated carbocycles. The fraction of sp³-hybridized carbons (Fsp3) is 0.348. The van der Waals surface area contributed by atoms with Gasteiger partial charge in [0.1, 0.15) is 5.56 Å². The van der Waals surface area contributed by atoms with Gasteiger partial charge in [0.05, 0.1) is 27.9 Å².